The van der Waals surface area contributed by atoms with Crippen molar-refractivity contribution in [1.82, 2.24) is 24.1 Å². The Balaban J connectivity index is 1.40. The first-order chi connectivity index (χ1) is 17.9. The highest BCUT2D eigenvalue weighted by Gasteiger charge is 2.24. The summed E-state index contributed by atoms with van der Waals surface area (Å²) in [5, 5.41) is 13.9. The fourth-order valence-corrected chi connectivity index (χ4v) is 5.59. The van der Waals surface area contributed by atoms with Crippen molar-refractivity contribution >= 4 is 34.7 Å². The van der Waals surface area contributed by atoms with Crippen molar-refractivity contribution in [3.63, 3.8) is 0 Å². The van der Waals surface area contributed by atoms with Gasteiger partial charge in [-0.1, -0.05) is 66.4 Å². The second-order valence-corrected chi connectivity index (χ2v) is 10.8. The maximum absolute atomic E-state index is 13.2. The van der Waals surface area contributed by atoms with Crippen molar-refractivity contribution in [2.24, 2.45) is 7.05 Å². The van der Waals surface area contributed by atoms with Crippen molar-refractivity contribution in [3.8, 4) is 16.4 Å². The van der Waals surface area contributed by atoms with Crippen LogP contribution in [0.2, 0.25) is 0 Å². The number of thiophene rings is 1. The Morgan fingerprint density at radius 3 is 2.41 bits per heavy atom. The van der Waals surface area contributed by atoms with E-state index < -0.39 is 5.25 Å². The molecule has 1 amide bonds. The first-order valence-corrected chi connectivity index (χ1v) is 13.5. The molecule has 1 atom stereocenters. The number of benzene rings is 2. The van der Waals surface area contributed by atoms with Crippen LogP contribution >= 0.6 is 23.1 Å². The van der Waals surface area contributed by atoms with E-state index in [4.69, 9.17) is 0 Å². The number of thioether (sulfide) groups is 1. The minimum atomic E-state index is -0.515. The zero-order valence-corrected chi connectivity index (χ0v) is 22.3. The molecule has 10 heteroatoms. The topological polar surface area (TPSA) is 86.7 Å². The summed E-state index contributed by atoms with van der Waals surface area (Å²) in [6.07, 6.45) is 0. The minimum Gasteiger partial charge on any atom is -0.319 e. The number of hydrogen-bond acceptors (Lipinski definition) is 6. The van der Waals surface area contributed by atoms with Crippen molar-refractivity contribution in [2.75, 3.05) is 5.32 Å². The monoisotopic (exact) mass is 530 g/mol. The van der Waals surface area contributed by atoms with Crippen LogP contribution < -0.4 is 10.9 Å². The smallest absolute Gasteiger partial charge is 0.295 e. The summed E-state index contributed by atoms with van der Waals surface area (Å²) in [4.78, 5) is 27.5. The number of hydrogen-bond donors (Lipinski definition) is 1. The first-order valence-electron chi connectivity index (χ1n) is 11.8. The standard InChI is InChI=1S/C27H26N6O2S2/c1-18-23(26(35)33(31(18)3)21-13-8-5-9-14-21)28-25(34)19(2)37-27-30-29-24(22-15-10-16-36-22)32(27)17-20-11-6-4-7-12-20/h4-16,19H,17H2,1-3H3,(H,28,34). The summed E-state index contributed by atoms with van der Waals surface area (Å²) in [7, 11) is 1.80. The number of para-hydroxylation sites is 1. The van der Waals surface area contributed by atoms with Gasteiger partial charge in [0.15, 0.2) is 11.0 Å². The van der Waals surface area contributed by atoms with Crippen LogP contribution in [0.1, 0.15) is 18.2 Å². The molecule has 3 heterocycles. The highest BCUT2D eigenvalue weighted by Crippen LogP contribution is 2.30. The summed E-state index contributed by atoms with van der Waals surface area (Å²) >= 11 is 2.92. The number of aromatic nitrogens is 5. The summed E-state index contributed by atoms with van der Waals surface area (Å²) in [6, 6.07) is 23.4. The maximum atomic E-state index is 13.2. The lowest BCUT2D eigenvalue weighted by Gasteiger charge is -2.13. The van der Waals surface area contributed by atoms with E-state index in [0.29, 0.717) is 17.4 Å². The Morgan fingerprint density at radius 1 is 1.03 bits per heavy atom. The molecule has 188 valence electrons. The number of anilines is 1. The number of rotatable bonds is 8. The number of nitrogens with zero attached hydrogens (tertiary/aromatic N) is 5. The Morgan fingerprint density at radius 2 is 1.73 bits per heavy atom. The Kier molecular flexibility index (Phi) is 7.11. The second-order valence-electron chi connectivity index (χ2n) is 8.54. The number of amides is 1. The zero-order valence-electron chi connectivity index (χ0n) is 20.7. The largest absolute Gasteiger partial charge is 0.319 e. The van der Waals surface area contributed by atoms with Crippen molar-refractivity contribution in [3.05, 3.63) is 99.8 Å². The van der Waals surface area contributed by atoms with Gasteiger partial charge in [0.05, 0.1) is 28.1 Å². The van der Waals surface area contributed by atoms with Crippen LogP contribution in [0.3, 0.4) is 0 Å². The molecule has 2 aromatic carbocycles. The normalized spacial score (nSPS) is 12.0. The molecule has 0 spiro atoms. The molecule has 0 fully saturated rings. The van der Waals surface area contributed by atoms with Gasteiger partial charge in [-0.15, -0.1) is 21.5 Å². The van der Waals surface area contributed by atoms with Gasteiger partial charge in [0, 0.05) is 7.05 Å². The Labute approximate surface area is 222 Å². The van der Waals surface area contributed by atoms with Crippen LogP contribution in [0.15, 0.2) is 88.1 Å². The zero-order chi connectivity index (χ0) is 25.9. The van der Waals surface area contributed by atoms with Crippen LogP contribution in [-0.4, -0.2) is 35.3 Å². The SMILES string of the molecule is Cc1c(NC(=O)C(C)Sc2nnc(-c3cccs3)n2Cc2ccccc2)c(=O)n(-c2ccccc2)n1C. The van der Waals surface area contributed by atoms with Gasteiger partial charge in [-0.25, -0.2) is 4.68 Å². The first kappa shape index (κ1) is 24.8. The van der Waals surface area contributed by atoms with E-state index in [9.17, 15) is 9.59 Å². The molecule has 1 N–H and O–H groups in total. The van der Waals surface area contributed by atoms with Crippen LogP contribution in [0.5, 0.6) is 0 Å². The van der Waals surface area contributed by atoms with Crippen molar-refractivity contribution in [2.45, 2.75) is 30.8 Å². The highest BCUT2D eigenvalue weighted by atomic mass is 32.2. The molecular formula is C27H26N6O2S2. The van der Waals surface area contributed by atoms with Gasteiger partial charge >= 0.3 is 0 Å². The van der Waals surface area contributed by atoms with E-state index in [1.54, 1.807) is 34.7 Å². The van der Waals surface area contributed by atoms with Gasteiger partial charge < -0.3 is 5.32 Å². The van der Waals surface area contributed by atoms with Gasteiger partial charge in [0.1, 0.15) is 5.69 Å². The molecule has 1 unspecified atom stereocenters. The quantitative estimate of drug-likeness (QED) is 0.286. The molecule has 0 bridgehead atoms. The van der Waals surface area contributed by atoms with Crippen molar-refractivity contribution < 1.29 is 4.79 Å². The van der Waals surface area contributed by atoms with E-state index >= 15 is 0 Å². The molecule has 0 saturated heterocycles. The lowest BCUT2D eigenvalue weighted by Crippen LogP contribution is -2.27. The molecule has 0 aliphatic heterocycles. The highest BCUT2D eigenvalue weighted by molar-refractivity contribution is 8.00. The van der Waals surface area contributed by atoms with Crippen LogP contribution in [0.25, 0.3) is 16.4 Å². The maximum Gasteiger partial charge on any atom is 0.295 e. The summed E-state index contributed by atoms with van der Waals surface area (Å²) in [6.45, 7) is 4.20. The third-order valence-corrected chi connectivity index (χ3v) is 8.04. The fourth-order valence-electron chi connectivity index (χ4n) is 4.02. The third kappa shape index (κ3) is 5.03. The van der Waals surface area contributed by atoms with E-state index in [-0.39, 0.29) is 17.2 Å². The molecule has 5 rings (SSSR count). The van der Waals surface area contributed by atoms with Gasteiger partial charge in [-0.3, -0.25) is 18.8 Å². The van der Waals surface area contributed by atoms with Gasteiger partial charge in [-0.05, 0) is 43.0 Å². The minimum absolute atomic E-state index is 0.272. The Bertz CT molecular complexity index is 1570. The summed E-state index contributed by atoms with van der Waals surface area (Å²) < 4.78 is 5.33. The van der Waals surface area contributed by atoms with Gasteiger partial charge in [0.2, 0.25) is 5.91 Å². The Hall–Kier alpha value is -3.89. The van der Waals surface area contributed by atoms with Crippen LogP contribution in [0.4, 0.5) is 5.69 Å². The molecule has 3 aromatic heterocycles. The second kappa shape index (κ2) is 10.6. The predicted molar refractivity (Wildman–Crippen MR) is 149 cm³/mol. The molecule has 5 aromatic rings. The average Bonchev–Trinajstić information content (AvgIpc) is 3.62. The van der Waals surface area contributed by atoms with Gasteiger partial charge in [-0.2, -0.15) is 0 Å². The molecule has 8 nitrogen and oxygen atoms in total. The molecule has 0 radical (unpaired) electrons. The van der Waals surface area contributed by atoms with Gasteiger partial charge in [0.25, 0.3) is 5.56 Å². The number of carbonyl (C=O) groups excluding carboxylic acids is 1. The predicted octanol–water partition coefficient (Wildman–Crippen LogP) is 4.97. The van der Waals surface area contributed by atoms with E-state index in [1.165, 1.54) is 11.8 Å². The average molecular weight is 531 g/mol. The number of carbonyl (C=O) groups is 1. The molecule has 0 saturated carbocycles. The lowest BCUT2D eigenvalue weighted by atomic mass is 10.2. The summed E-state index contributed by atoms with van der Waals surface area (Å²) in [5.74, 6) is 0.488. The van der Waals surface area contributed by atoms with E-state index in [2.05, 4.69) is 27.6 Å². The number of nitrogens with one attached hydrogen (secondary N) is 1. The molecule has 0 aliphatic rings. The molecular weight excluding hydrogens is 504 g/mol. The van der Waals surface area contributed by atoms with Crippen LogP contribution in [-0.2, 0) is 18.4 Å². The third-order valence-electron chi connectivity index (χ3n) is 6.10. The molecule has 37 heavy (non-hydrogen) atoms. The fraction of sp³-hybridized carbons (Fsp3) is 0.185. The summed E-state index contributed by atoms with van der Waals surface area (Å²) in [5.41, 5.74) is 2.51. The lowest BCUT2D eigenvalue weighted by molar-refractivity contribution is -0.115. The molecule has 0 aliphatic carbocycles. The van der Waals surface area contributed by atoms with Crippen molar-refractivity contribution in [1.29, 1.82) is 0 Å². The van der Waals surface area contributed by atoms with Crippen LogP contribution in [0, 0.1) is 6.92 Å². The van der Waals surface area contributed by atoms with E-state index in [1.807, 2.05) is 77.5 Å². The van der Waals surface area contributed by atoms with E-state index in [0.717, 1.165) is 22.0 Å².